The molecule has 2 aromatic carbocycles. The molecule has 0 aromatic heterocycles. The van der Waals surface area contributed by atoms with Gasteiger partial charge in [0.25, 0.3) is 6.64 Å². The minimum absolute atomic E-state index is 0.278. The summed E-state index contributed by atoms with van der Waals surface area (Å²) in [6.07, 6.45) is -0.407. The van der Waals surface area contributed by atoms with Crippen molar-refractivity contribution >= 4 is 26.0 Å². The smallest absolute Gasteiger partial charge is 0.318 e. The van der Waals surface area contributed by atoms with Crippen LogP contribution in [-0.2, 0) is 34.5 Å². The van der Waals surface area contributed by atoms with Gasteiger partial charge in [0, 0.05) is 5.41 Å². The fraction of sp³-hybridized carbons (Fsp3) is 0.478. The summed E-state index contributed by atoms with van der Waals surface area (Å²) in [7, 11) is -3.72. The molecule has 1 N–H and O–H groups in total. The Kier molecular flexibility index (Phi) is 8.51. The first-order valence-corrected chi connectivity index (χ1v) is 15.1. The van der Waals surface area contributed by atoms with Gasteiger partial charge >= 0.3 is 7.60 Å². The van der Waals surface area contributed by atoms with Crippen LogP contribution in [0.5, 0.6) is 0 Å². The van der Waals surface area contributed by atoms with E-state index < -0.39 is 26.1 Å². The maximum atomic E-state index is 14.3. The van der Waals surface area contributed by atoms with E-state index in [4.69, 9.17) is 29.9 Å². The van der Waals surface area contributed by atoms with Crippen molar-refractivity contribution in [3.8, 4) is 0 Å². The van der Waals surface area contributed by atoms with Crippen LogP contribution in [0.15, 0.2) is 54.6 Å². The molecule has 1 aliphatic heterocycles. The van der Waals surface area contributed by atoms with E-state index in [-0.39, 0.29) is 12.0 Å². The third-order valence-corrected chi connectivity index (χ3v) is 10.2. The number of hydrogen-bond donors (Lipinski definition) is 1. The molecule has 1 aliphatic rings. The molecule has 0 saturated carbocycles. The van der Waals surface area contributed by atoms with Crippen LogP contribution >= 0.6 is 14.2 Å². The van der Waals surface area contributed by atoms with Crippen LogP contribution in [0.25, 0.3) is 0 Å². The monoisotopic (exact) mass is 497 g/mol. The molecule has 0 spiro atoms. The van der Waals surface area contributed by atoms with Gasteiger partial charge in [-0.25, -0.2) is 5.09 Å². The van der Waals surface area contributed by atoms with Gasteiger partial charge in [0.2, 0.25) is 0 Å². The predicted molar refractivity (Wildman–Crippen MR) is 132 cm³/mol. The van der Waals surface area contributed by atoms with E-state index in [9.17, 15) is 4.57 Å². The maximum absolute atomic E-state index is 14.3. The Morgan fingerprint density at radius 2 is 1.72 bits per heavy atom. The minimum Gasteiger partial charge on any atom is -0.318 e. The predicted octanol–water partition coefficient (Wildman–Crippen LogP) is 6.89. The lowest BCUT2D eigenvalue weighted by Gasteiger charge is -2.44. The van der Waals surface area contributed by atoms with Gasteiger partial charge in [-0.3, -0.25) is 9.09 Å². The number of nitrogens with one attached hydrogen (secondary N) is 1. The molecule has 32 heavy (non-hydrogen) atoms. The van der Waals surface area contributed by atoms with Crippen molar-refractivity contribution in [1.29, 1.82) is 0 Å². The second-order valence-corrected chi connectivity index (χ2v) is 13.8. The van der Waals surface area contributed by atoms with E-state index in [1.807, 2.05) is 89.2 Å². The molecule has 0 aliphatic carbocycles. The summed E-state index contributed by atoms with van der Waals surface area (Å²) in [5, 5.41) is 3.25. The SMILES string of the molecule is CCOP(=S)(NC(c1ccc(C)cc1)P1(=O)OCC(C)(C)[C@H](c2ccccc2)O1)OCC. The van der Waals surface area contributed by atoms with Crippen molar-refractivity contribution in [3.05, 3.63) is 71.3 Å². The quantitative estimate of drug-likeness (QED) is 0.379. The van der Waals surface area contributed by atoms with Crippen molar-refractivity contribution in [2.45, 2.75) is 46.5 Å². The van der Waals surface area contributed by atoms with Crippen molar-refractivity contribution in [2.75, 3.05) is 19.8 Å². The van der Waals surface area contributed by atoms with E-state index in [1.165, 1.54) is 0 Å². The average Bonchev–Trinajstić information content (AvgIpc) is 2.76. The van der Waals surface area contributed by atoms with Crippen LogP contribution in [0.2, 0.25) is 0 Å². The lowest BCUT2D eigenvalue weighted by molar-refractivity contribution is -0.0300. The highest BCUT2D eigenvalue weighted by Gasteiger charge is 2.50. The molecule has 9 heteroatoms. The van der Waals surface area contributed by atoms with Gasteiger partial charge in [0.1, 0.15) is 5.78 Å². The maximum Gasteiger partial charge on any atom is 0.353 e. The molecule has 2 unspecified atom stereocenters. The van der Waals surface area contributed by atoms with Gasteiger partial charge in [-0.05, 0) is 43.7 Å². The van der Waals surface area contributed by atoms with Crippen LogP contribution in [0.1, 0.15) is 56.3 Å². The first-order valence-electron chi connectivity index (χ1n) is 10.8. The van der Waals surface area contributed by atoms with Crippen LogP contribution in [-0.4, -0.2) is 19.8 Å². The first-order chi connectivity index (χ1) is 15.1. The molecule has 3 atom stereocenters. The van der Waals surface area contributed by atoms with E-state index in [0.717, 1.165) is 16.7 Å². The Bertz CT molecular complexity index is 974. The summed E-state index contributed by atoms with van der Waals surface area (Å²) in [6.45, 7) is 7.89. The third-order valence-electron chi connectivity index (χ3n) is 5.27. The molecule has 1 fully saturated rings. The molecule has 176 valence electrons. The van der Waals surface area contributed by atoms with Crippen LogP contribution in [0, 0.1) is 12.3 Å². The van der Waals surface area contributed by atoms with Crippen molar-refractivity contribution < 1.29 is 22.7 Å². The van der Waals surface area contributed by atoms with E-state index in [1.54, 1.807) is 0 Å². The summed E-state index contributed by atoms with van der Waals surface area (Å²) < 4.78 is 38.3. The zero-order valence-corrected chi connectivity index (χ0v) is 21.9. The van der Waals surface area contributed by atoms with Crippen molar-refractivity contribution in [1.82, 2.24) is 5.09 Å². The number of benzene rings is 2. The van der Waals surface area contributed by atoms with Gasteiger partial charge < -0.3 is 13.6 Å². The highest BCUT2D eigenvalue weighted by Crippen LogP contribution is 2.69. The fourth-order valence-electron chi connectivity index (χ4n) is 3.61. The Balaban J connectivity index is 2.03. The number of rotatable bonds is 9. The molecule has 0 bridgehead atoms. The van der Waals surface area contributed by atoms with Crippen LogP contribution in [0.3, 0.4) is 0 Å². The fourth-order valence-corrected chi connectivity index (χ4v) is 9.24. The third kappa shape index (κ3) is 5.97. The molecule has 0 radical (unpaired) electrons. The second-order valence-electron chi connectivity index (χ2n) is 8.47. The van der Waals surface area contributed by atoms with Gasteiger partial charge in [0.05, 0.1) is 25.9 Å². The summed E-state index contributed by atoms with van der Waals surface area (Å²) in [5.74, 6) is -0.825. The van der Waals surface area contributed by atoms with E-state index >= 15 is 0 Å². The molecule has 1 saturated heterocycles. The Morgan fingerprint density at radius 3 is 2.28 bits per heavy atom. The van der Waals surface area contributed by atoms with Gasteiger partial charge in [-0.15, -0.1) is 0 Å². The standard InChI is InChI=1S/C23H33NO5P2S/c1-6-26-31(32,27-7-2)24-22(20-15-13-18(3)14-16-20)30(25)28-17-23(4,5)21(29-30)19-11-9-8-10-12-19/h8-16,21-22H,6-7,17H2,1-5H3,(H,24,32)/t21-,22?,30?/m0/s1. The van der Waals surface area contributed by atoms with Crippen molar-refractivity contribution in [2.24, 2.45) is 5.41 Å². The zero-order valence-electron chi connectivity index (χ0n) is 19.3. The molecule has 3 rings (SSSR count). The summed E-state index contributed by atoms with van der Waals surface area (Å²) in [6, 6.07) is 17.6. The van der Waals surface area contributed by atoms with E-state index in [2.05, 4.69) is 5.09 Å². The first kappa shape index (κ1) is 25.7. The summed E-state index contributed by atoms with van der Waals surface area (Å²) in [5.41, 5.74) is 2.43. The van der Waals surface area contributed by atoms with Crippen LogP contribution in [0.4, 0.5) is 0 Å². The molecular formula is C23H33NO5P2S. The van der Waals surface area contributed by atoms with Gasteiger partial charge in [-0.1, -0.05) is 74.0 Å². The van der Waals surface area contributed by atoms with Gasteiger partial charge in [0.15, 0.2) is 0 Å². The van der Waals surface area contributed by atoms with Crippen LogP contribution < -0.4 is 5.09 Å². The Labute approximate surface area is 196 Å². The molecule has 2 aromatic rings. The van der Waals surface area contributed by atoms with Gasteiger partial charge in [-0.2, -0.15) is 0 Å². The number of aryl methyl sites for hydroxylation is 1. The second kappa shape index (κ2) is 10.6. The Hall–Kier alpha value is -0.880. The molecule has 0 amide bonds. The highest BCUT2D eigenvalue weighted by molar-refractivity contribution is 8.09. The average molecular weight is 498 g/mol. The minimum atomic E-state index is -3.72. The lowest BCUT2D eigenvalue weighted by Crippen LogP contribution is -2.36. The zero-order chi connectivity index (χ0) is 23.4. The topological polar surface area (TPSA) is 66.0 Å². The highest BCUT2D eigenvalue weighted by atomic mass is 32.5. The van der Waals surface area contributed by atoms with E-state index in [0.29, 0.717) is 13.2 Å². The van der Waals surface area contributed by atoms with Crippen molar-refractivity contribution in [3.63, 3.8) is 0 Å². The Morgan fingerprint density at radius 1 is 1.12 bits per heavy atom. The molecular weight excluding hydrogens is 464 g/mol. The summed E-state index contributed by atoms with van der Waals surface area (Å²) >= 11 is 5.71. The normalized spacial score (nSPS) is 24.2. The lowest BCUT2D eigenvalue weighted by atomic mass is 9.83. The number of hydrogen-bond acceptors (Lipinski definition) is 6. The summed E-state index contributed by atoms with van der Waals surface area (Å²) in [4.78, 5) is 0. The largest absolute Gasteiger partial charge is 0.353 e. The molecule has 6 nitrogen and oxygen atoms in total. The molecule has 1 heterocycles.